The molecule has 0 spiro atoms. The predicted octanol–water partition coefficient (Wildman–Crippen LogP) is 2.61. The number of piperidine rings is 1. The van der Waals surface area contributed by atoms with Crippen LogP contribution in [0.1, 0.15) is 24.8 Å². The van der Waals surface area contributed by atoms with Crippen LogP contribution in [0.5, 0.6) is 11.5 Å². The number of benzene rings is 2. The van der Waals surface area contributed by atoms with E-state index in [4.69, 9.17) is 9.47 Å². The Morgan fingerprint density at radius 3 is 2.30 bits per heavy atom. The van der Waals surface area contributed by atoms with E-state index < -0.39 is 16.1 Å². The second-order valence-corrected chi connectivity index (χ2v) is 8.98. The Balaban J connectivity index is 1.88. The highest BCUT2D eigenvalue weighted by Crippen LogP contribution is 2.29. The first-order valence-electron chi connectivity index (χ1n) is 10.0. The summed E-state index contributed by atoms with van der Waals surface area (Å²) < 4.78 is 39.3. The van der Waals surface area contributed by atoms with Crippen LogP contribution in [0.15, 0.2) is 53.4 Å². The van der Waals surface area contributed by atoms with Gasteiger partial charge in [-0.25, -0.2) is 8.42 Å². The van der Waals surface area contributed by atoms with Crippen molar-refractivity contribution < 1.29 is 22.7 Å². The van der Waals surface area contributed by atoms with Crippen molar-refractivity contribution in [3.8, 4) is 11.5 Å². The highest BCUT2D eigenvalue weighted by Gasteiger charge is 2.30. The maximum Gasteiger partial charge on any atom is 0.241 e. The molecule has 0 saturated carbocycles. The molecule has 8 heteroatoms. The van der Waals surface area contributed by atoms with Crippen LogP contribution in [0.3, 0.4) is 0 Å². The topological polar surface area (TPSA) is 84.9 Å². The molecule has 3 rings (SSSR count). The van der Waals surface area contributed by atoms with Crippen molar-refractivity contribution in [2.45, 2.75) is 36.6 Å². The van der Waals surface area contributed by atoms with Crippen LogP contribution in [0.2, 0.25) is 0 Å². The lowest BCUT2D eigenvalue weighted by Gasteiger charge is -2.30. The third kappa shape index (κ3) is 5.31. The molecule has 0 aromatic heterocycles. The first-order valence-corrected chi connectivity index (χ1v) is 11.5. The van der Waals surface area contributed by atoms with E-state index in [1.165, 1.54) is 32.4 Å². The fraction of sp³-hybridized carbons (Fsp3) is 0.409. The molecule has 0 aliphatic carbocycles. The Hall–Kier alpha value is -2.58. The van der Waals surface area contributed by atoms with E-state index in [0.29, 0.717) is 24.6 Å². The highest BCUT2D eigenvalue weighted by atomic mass is 32.2. The number of nitrogens with one attached hydrogen (secondary N) is 1. The van der Waals surface area contributed by atoms with Crippen LogP contribution in [-0.2, 0) is 21.2 Å². The number of rotatable bonds is 8. The normalized spacial score (nSPS) is 15.5. The molecule has 1 aliphatic rings. The van der Waals surface area contributed by atoms with E-state index in [2.05, 4.69) is 4.72 Å². The largest absolute Gasteiger partial charge is 0.493 e. The minimum absolute atomic E-state index is 0.0182. The molecule has 30 heavy (non-hydrogen) atoms. The predicted molar refractivity (Wildman–Crippen MR) is 114 cm³/mol. The summed E-state index contributed by atoms with van der Waals surface area (Å²) >= 11 is 0. The van der Waals surface area contributed by atoms with Gasteiger partial charge >= 0.3 is 0 Å². The summed E-state index contributed by atoms with van der Waals surface area (Å²) in [6.07, 6.45) is 3.24. The van der Waals surface area contributed by atoms with Crippen molar-refractivity contribution in [1.82, 2.24) is 9.62 Å². The minimum atomic E-state index is -3.95. The number of carbonyl (C=O) groups excluding carboxylic acids is 1. The molecule has 1 saturated heterocycles. The van der Waals surface area contributed by atoms with Gasteiger partial charge in [0.25, 0.3) is 0 Å². The SMILES string of the molecule is COc1ccc(S(=O)(=O)N[C@@H](Cc2ccccc2)C(=O)N2CCCCC2)cc1OC. The van der Waals surface area contributed by atoms with Crippen molar-refractivity contribution >= 4 is 15.9 Å². The molecule has 1 amide bonds. The van der Waals surface area contributed by atoms with Crippen LogP contribution in [0.25, 0.3) is 0 Å². The van der Waals surface area contributed by atoms with Gasteiger partial charge in [0.05, 0.1) is 19.1 Å². The number of methoxy groups -OCH3 is 2. The molecule has 1 atom stereocenters. The summed E-state index contributed by atoms with van der Waals surface area (Å²) in [5.74, 6) is 0.548. The van der Waals surface area contributed by atoms with Gasteiger partial charge in [-0.05, 0) is 43.4 Å². The number of hydrogen-bond donors (Lipinski definition) is 1. The fourth-order valence-corrected chi connectivity index (χ4v) is 4.81. The van der Waals surface area contributed by atoms with Gasteiger partial charge in [-0.15, -0.1) is 0 Å². The molecule has 0 radical (unpaired) electrons. The van der Waals surface area contributed by atoms with Gasteiger partial charge < -0.3 is 14.4 Å². The summed E-state index contributed by atoms with van der Waals surface area (Å²) in [4.78, 5) is 15.0. The summed E-state index contributed by atoms with van der Waals surface area (Å²) in [5, 5.41) is 0. The molecule has 2 aromatic rings. The molecule has 162 valence electrons. The van der Waals surface area contributed by atoms with Crippen LogP contribution in [0, 0.1) is 0 Å². The first kappa shape index (κ1) is 22.1. The Labute approximate surface area is 178 Å². The van der Waals surface area contributed by atoms with Crippen molar-refractivity contribution in [2.24, 2.45) is 0 Å². The van der Waals surface area contributed by atoms with Gasteiger partial charge in [0.15, 0.2) is 11.5 Å². The second kappa shape index (κ2) is 9.95. The number of likely N-dealkylation sites (tertiary alicyclic amines) is 1. The van der Waals surface area contributed by atoms with E-state index in [0.717, 1.165) is 24.8 Å². The van der Waals surface area contributed by atoms with Crippen LogP contribution >= 0.6 is 0 Å². The van der Waals surface area contributed by atoms with Gasteiger partial charge in [0, 0.05) is 19.2 Å². The van der Waals surface area contributed by atoms with Crippen LogP contribution in [0.4, 0.5) is 0 Å². The van der Waals surface area contributed by atoms with Crippen molar-refractivity contribution in [1.29, 1.82) is 0 Å². The molecule has 1 aliphatic heterocycles. The molecule has 1 fully saturated rings. The molecular formula is C22H28N2O5S. The Bertz CT molecular complexity index is 957. The summed E-state index contributed by atoms with van der Waals surface area (Å²) in [6.45, 7) is 1.31. The number of carbonyl (C=O) groups is 1. The average molecular weight is 433 g/mol. The van der Waals surface area contributed by atoms with Gasteiger partial charge in [-0.2, -0.15) is 4.72 Å². The van der Waals surface area contributed by atoms with Gasteiger partial charge in [0.1, 0.15) is 6.04 Å². The summed E-state index contributed by atoms with van der Waals surface area (Å²) in [6, 6.07) is 12.9. The van der Waals surface area contributed by atoms with Gasteiger partial charge in [-0.3, -0.25) is 4.79 Å². The molecule has 1 heterocycles. The van der Waals surface area contributed by atoms with E-state index in [-0.39, 0.29) is 17.2 Å². The number of ether oxygens (including phenoxy) is 2. The highest BCUT2D eigenvalue weighted by molar-refractivity contribution is 7.89. The van der Waals surface area contributed by atoms with Crippen LogP contribution in [-0.4, -0.2) is 52.6 Å². The number of hydrogen-bond acceptors (Lipinski definition) is 5. The smallest absolute Gasteiger partial charge is 0.241 e. The lowest BCUT2D eigenvalue weighted by molar-refractivity contribution is -0.133. The lowest BCUT2D eigenvalue weighted by Crippen LogP contribution is -2.50. The maximum absolute atomic E-state index is 13.2. The molecule has 0 unspecified atom stereocenters. The Morgan fingerprint density at radius 1 is 1.00 bits per heavy atom. The van der Waals surface area contributed by atoms with Gasteiger partial charge in [0.2, 0.25) is 15.9 Å². The third-order valence-electron chi connectivity index (χ3n) is 5.21. The van der Waals surface area contributed by atoms with Crippen molar-refractivity contribution in [3.63, 3.8) is 0 Å². The molecule has 7 nitrogen and oxygen atoms in total. The van der Waals surface area contributed by atoms with E-state index in [9.17, 15) is 13.2 Å². The summed E-state index contributed by atoms with van der Waals surface area (Å²) in [5.41, 5.74) is 0.892. The van der Waals surface area contributed by atoms with E-state index in [1.807, 2.05) is 30.3 Å². The standard InChI is InChI=1S/C22H28N2O5S/c1-28-20-12-11-18(16-21(20)29-2)30(26,27)23-19(15-17-9-5-3-6-10-17)22(25)24-13-7-4-8-14-24/h3,5-6,9-12,16,19,23H,4,7-8,13-15H2,1-2H3/t19-/m0/s1. The van der Waals surface area contributed by atoms with Crippen LogP contribution < -0.4 is 14.2 Å². The minimum Gasteiger partial charge on any atom is -0.493 e. The maximum atomic E-state index is 13.2. The van der Waals surface area contributed by atoms with E-state index in [1.54, 1.807) is 4.90 Å². The first-order chi connectivity index (χ1) is 14.4. The average Bonchev–Trinajstić information content (AvgIpc) is 2.78. The van der Waals surface area contributed by atoms with Crippen molar-refractivity contribution in [2.75, 3.05) is 27.3 Å². The lowest BCUT2D eigenvalue weighted by atomic mass is 10.0. The molecular weight excluding hydrogens is 404 g/mol. The monoisotopic (exact) mass is 432 g/mol. The zero-order chi connectivity index (χ0) is 21.6. The molecule has 2 aromatic carbocycles. The number of amides is 1. The Morgan fingerprint density at radius 2 is 1.67 bits per heavy atom. The molecule has 1 N–H and O–H groups in total. The molecule has 0 bridgehead atoms. The zero-order valence-electron chi connectivity index (χ0n) is 17.3. The number of nitrogens with zero attached hydrogens (tertiary/aromatic N) is 1. The second-order valence-electron chi connectivity index (χ2n) is 7.27. The van der Waals surface area contributed by atoms with Crippen molar-refractivity contribution in [3.05, 3.63) is 54.1 Å². The third-order valence-corrected chi connectivity index (χ3v) is 6.68. The fourth-order valence-electron chi connectivity index (χ4n) is 3.60. The number of sulfonamides is 1. The van der Waals surface area contributed by atoms with E-state index >= 15 is 0 Å². The Kier molecular flexibility index (Phi) is 7.33. The summed E-state index contributed by atoms with van der Waals surface area (Å²) in [7, 11) is -1.03. The van der Waals surface area contributed by atoms with Gasteiger partial charge in [-0.1, -0.05) is 30.3 Å². The quantitative estimate of drug-likeness (QED) is 0.693. The zero-order valence-corrected chi connectivity index (χ0v) is 18.2.